The fourth-order valence-corrected chi connectivity index (χ4v) is 1.79. The van der Waals surface area contributed by atoms with Crippen molar-refractivity contribution in [1.82, 2.24) is 5.32 Å². The van der Waals surface area contributed by atoms with Crippen molar-refractivity contribution >= 4 is 5.91 Å². The van der Waals surface area contributed by atoms with E-state index in [-0.39, 0.29) is 0 Å². The molecule has 0 aromatic rings. The maximum Gasteiger partial charge on any atom is 0.389 e. The van der Waals surface area contributed by atoms with Crippen LogP contribution in [-0.4, -0.2) is 31.8 Å². The highest BCUT2D eigenvalue weighted by molar-refractivity contribution is 5.75. The molecule has 0 saturated carbocycles. The van der Waals surface area contributed by atoms with Gasteiger partial charge in [-0.3, -0.25) is 4.79 Å². The van der Waals surface area contributed by atoms with Crippen molar-refractivity contribution in [3.8, 4) is 0 Å². The number of hydrogen-bond donors (Lipinski definition) is 1. The number of carbonyl (C=O) groups excluding carboxylic acids is 1. The van der Waals surface area contributed by atoms with E-state index >= 15 is 0 Å². The van der Waals surface area contributed by atoms with Gasteiger partial charge in [-0.15, -0.1) is 0 Å². The van der Waals surface area contributed by atoms with Gasteiger partial charge in [-0.25, -0.2) is 0 Å². The van der Waals surface area contributed by atoms with Crippen LogP contribution in [-0.2, 0) is 9.53 Å². The molecular formula is C11H18F3NO2. The van der Waals surface area contributed by atoms with Crippen LogP contribution in [0.4, 0.5) is 13.2 Å². The van der Waals surface area contributed by atoms with Crippen LogP contribution in [0.1, 0.15) is 32.1 Å². The number of ether oxygens (including phenoxy) is 1. The van der Waals surface area contributed by atoms with Gasteiger partial charge in [0.25, 0.3) is 0 Å². The third kappa shape index (κ3) is 7.20. The Morgan fingerprint density at radius 1 is 1.41 bits per heavy atom. The summed E-state index contributed by atoms with van der Waals surface area (Å²) in [5.74, 6) is -0.106. The first kappa shape index (κ1) is 14.3. The summed E-state index contributed by atoms with van der Waals surface area (Å²) >= 11 is 0. The molecule has 0 bridgehead atoms. The lowest BCUT2D eigenvalue weighted by molar-refractivity contribution is -0.144. The van der Waals surface area contributed by atoms with Crippen molar-refractivity contribution in [2.75, 3.05) is 19.8 Å². The van der Waals surface area contributed by atoms with Crippen molar-refractivity contribution in [1.29, 1.82) is 0 Å². The molecule has 0 radical (unpaired) electrons. The van der Waals surface area contributed by atoms with E-state index in [1.807, 2.05) is 0 Å². The Hall–Kier alpha value is -0.780. The highest BCUT2D eigenvalue weighted by atomic mass is 19.4. The standard InChI is InChI=1S/C11H18F3NO2/c12-11(13,14)5-3-10(16)15-6-4-9-2-1-7-17-8-9/h9H,1-8H2,(H,15,16). The lowest BCUT2D eigenvalue weighted by Gasteiger charge is -2.21. The highest BCUT2D eigenvalue weighted by Crippen LogP contribution is 2.21. The molecule has 0 aromatic heterocycles. The molecule has 17 heavy (non-hydrogen) atoms. The molecule has 1 heterocycles. The molecule has 1 atom stereocenters. The lowest BCUT2D eigenvalue weighted by atomic mass is 9.99. The van der Waals surface area contributed by atoms with Crippen LogP contribution >= 0.6 is 0 Å². The van der Waals surface area contributed by atoms with Gasteiger partial charge in [0.05, 0.1) is 6.42 Å². The van der Waals surface area contributed by atoms with E-state index in [2.05, 4.69) is 5.32 Å². The zero-order chi connectivity index (χ0) is 12.7. The van der Waals surface area contributed by atoms with Crippen molar-refractivity contribution < 1.29 is 22.7 Å². The molecule has 3 nitrogen and oxygen atoms in total. The van der Waals surface area contributed by atoms with Crippen LogP contribution in [0.15, 0.2) is 0 Å². The molecule has 1 saturated heterocycles. The van der Waals surface area contributed by atoms with E-state index in [1.165, 1.54) is 0 Å². The number of hydrogen-bond acceptors (Lipinski definition) is 2. The summed E-state index contributed by atoms with van der Waals surface area (Å²) in [5.41, 5.74) is 0. The molecule has 0 aliphatic carbocycles. The summed E-state index contributed by atoms with van der Waals surface area (Å²) in [6.07, 6.45) is -2.92. The number of nitrogens with one attached hydrogen (secondary N) is 1. The molecular weight excluding hydrogens is 235 g/mol. The van der Waals surface area contributed by atoms with Crippen LogP contribution in [0.25, 0.3) is 0 Å². The van der Waals surface area contributed by atoms with Crippen LogP contribution in [0.5, 0.6) is 0 Å². The van der Waals surface area contributed by atoms with Crippen LogP contribution < -0.4 is 5.32 Å². The summed E-state index contributed by atoms with van der Waals surface area (Å²) in [5, 5.41) is 2.51. The second-order valence-corrected chi connectivity index (χ2v) is 4.34. The molecule has 1 rings (SSSR count). The van der Waals surface area contributed by atoms with Crippen LogP contribution in [0, 0.1) is 5.92 Å². The Bertz CT molecular complexity index is 237. The minimum absolute atomic E-state index is 0.423. The van der Waals surface area contributed by atoms with Crippen molar-refractivity contribution in [3.05, 3.63) is 0 Å². The Balaban J connectivity index is 2.03. The summed E-state index contributed by atoms with van der Waals surface area (Å²) in [6, 6.07) is 0. The van der Waals surface area contributed by atoms with E-state index in [0.717, 1.165) is 25.9 Å². The van der Waals surface area contributed by atoms with Gasteiger partial charge < -0.3 is 10.1 Å². The average molecular weight is 253 g/mol. The Morgan fingerprint density at radius 3 is 2.76 bits per heavy atom. The second kappa shape index (κ2) is 6.83. The monoisotopic (exact) mass is 253 g/mol. The maximum atomic E-state index is 11.8. The topological polar surface area (TPSA) is 38.3 Å². The molecule has 6 heteroatoms. The van der Waals surface area contributed by atoms with Gasteiger partial charge in [0.1, 0.15) is 0 Å². The summed E-state index contributed by atoms with van der Waals surface area (Å²) < 4.78 is 40.8. The van der Waals surface area contributed by atoms with Crippen molar-refractivity contribution in [3.63, 3.8) is 0 Å². The number of halogens is 3. The number of amides is 1. The maximum absolute atomic E-state index is 11.8. The molecule has 1 N–H and O–H groups in total. The molecule has 100 valence electrons. The third-order valence-electron chi connectivity index (χ3n) is 2.76. The first-order valence-electron chi connectivity index (χ1n) is 5.88. The normalized spacial score (nSPS) is 21.2. The van der Waals surface area contributed by atoms with Gasteiger partial charge in [0, 0.05) is 26.2 Å². The lowest BCUT2D eigenvalue weighted by Crippen LogP contribution is -2.29. The Kier molecular flexibility index (Phi) is 5.74. The second-order valence-electron chi connectivity index (χ2n) is 4.34. The predicted molar refractivity (Wildman–Crippen MR) is 56.5 cm³/mol. The predicted octanol–water partition coefficient (Wildman–Crippen LogP) is 2.26. The minimum atomic E-state index is -4.26. The number of alkyl halides is 3. The highest BCUT2D eigenvalue weighted by Gasteiger charge is 2.27. The Labute approximate surface area is 98.7 Å². The van der Waals surface area contributed by atoms with E-state index in [4.69, 9.17) is 4.74 Å². The molecule has 1 amide bonds. The fourth-order valence-electron chi connectivity index (χ4n) is 1.79. The van der Waals surface area contributed by atoms with Crippen LogP contribution in [0.3, 0.4) is 0 Å². The van der Waals surface area contributed by atoms with Crippen molar-refractivity contribution in [2.45, 2.75) is 38.3 Å². The molecule has 0 spiro atoms. The summed E-state index contributed by atoms with van der Waals surface area (Å²) in [6.45, 7) is 1.91. The molecule has 1 fully saturated rings. The molecule has 0 aromatic carbocycles. The zero-order valence-electron chi connectivity index (χ0n) is 9.68. The quantitative estimate of drug-likeness (QED) is 0.816. The van der Waals surface area contributed by atoms with Gasteiger partial charge in [-0.1, -0.05) is 0 Å². The smallest absolute Gasteiger partial charge is 0.381 e. The SMILES string of the molecule is O=C(CCC(F)(F)F)NCCC1CCCOC1. The average Bonchev–Trinajstić information content (AvgIpc) is 2.27. The molecule has 1 aliphatic rings. The van der Waals surface area contributed by atoms with E-state index in [9.17, 15) is 18.0 Å². The first-order valence-corrected chi connectivity index (χ1v) is 5.88. The van der Waals surface area contributed by atoms with Crippen molar-refractivity contribution in [2.24, 2.45) is 5.92 Å². The van der Waals surface area contributed by atoms with Gasteiger partial charge in [0.15, 0.2) is 0 Å². The van der Waals surface area contributed by atoms with Gasteiger partial charge in [-0.05, 0) is 25.2 Å². The molecule has 1 aliphatic heterocycles. The first-order chi connectivity index (χ1) is 7.97. The number of rotatable bonds is 5. The fraction of sp³-hybridized carbons (Fsp3) is 0.909. The van der Waals surface area contributed by atoms with Gasteiger partial charge in [-0.2, -0.15) is 13.2 Å². The van der Waals surface area contributed by atoms with E-state index in [0.29, 0.717) is 19.1 Å². The summed E-state index contributed by atoms with van der Waals surface area (Å²) in [7, 11) is 0. The molecule has 1 unspecified atom stereocenters. The van der Waals surface area contributed by atoms with E-state index in [1.54, 1.807) is 0 Å². The summed E-state index contributed by atoms with van der Waals surface area (Å²) in [4.78, 5) is 11.1. The largest absolute Gasteiger partial charge is 0.389 e. The van der Waals surface area contributed by atoms with Gasteiger partial charge >= 0.3 is 6.18 Å². The number of carbonyl (C=O) groups is 1. The van der Waals surface area contributed by atoms with Gasteiger partial charge in [0.2, 0.25) is 5.91 Å². The minimum Gasteiger partial charge on any atom is -0.381 e. The van der Waals surface area contributed by atoms with Crippen LogP contribution in [0.2, 0.25) is 0 Å². The zero-order valence-corrected chi connectivity index (χ0v) is 9.68. The van der Waals surface area contributed by atoms with E-state index < -0.39 is 24.9 Å². The Morgan fingerprint density at radius 2 is 2.18 bits per heavy atom. The third-order valence-corrected chi connectivity index (χ3v) is 2.76.